The summed E-state index contributed by atoms with van der Waals surface area (Å²) in [6.45, 7) is 1.98. The van der Waals surface area contributed by atoms with Gasteiger partial charge in [0.15, 0.2) is 5.58 Å². The molecule has 0 fully saturated rings. The molecule has 0 atom stereocenters. The molecule has 1 aromatic heterocycles. The Labute approximate surface area is 115 Å². The Hall–Kier alpha value is -2.20. The van der Waals surface area contributed by atoms with Gasteiger partial charge in [0, 0.05) is 0 Å². The maximum Gasteiger partial charge on any atom is 0.300 e. The van der Waals surface area contributed by atoms with Crippen molar-refractivity contribution in [3.63, 3.8) is 0 Å². The predicted octanol–water partition coefficient (Wildman–Crippen LogP) is 4.12. The van der Waals surface area contributed by atoms with E-state index in [-0.39, 0.29) is 0 Å². The van der Waals surface area contributed by atoms with Gasteiger partial charge in [-0.25, -0.2) is 0 Å². The van der Waals surface area contributed by atoms with Crippen LogP contribution in [0.5, 0.6) is 0 Å². The minimum Gasteiger partial charge on any atom is -0.423 e. The third-order valence-corrected chi connectivity index (χ3v) is 3.13. The van der Waals surface area contributed by atoms with Crippen molar-refractivity contribution in [3.8, 4) is 0 Å². The number of aromatic nitrogens is 1. The van der Waals surface area contributed by atoms with Crippen molar-refractivity contribution < 1.29 is 4.42 Å². The minimum absolute atomic E-state index is 0.374. The highest BCUT2D eigenvalue weighted by atomic mass is 35.5. The third-order valence-electron chi connectivity index (χ3n) is 2.82. The number of para-hydroxylation sites is 1. The van der Waals surface area contributed by atoms with Gasteiger partial charge < -0.3 is 15.5 Å². The number of nitrogen functional groups attached to an aromatic ring is 1. The second-order valence-electron chi connectivity index (χ2n) is 4.32. The summed E-state index contributed by atoms with van der Waals surface area (Å²) >= 11 is 6.15. The maximum atomic E-state index is 6.15. The van der Waals surface area contributed by atoms with Crippen LogP contribution >= 0.6 is 11.6 Å². The summed E-state index contributed by atoms with van der Waals surface area (Å²) in [5.74, 6) is 0. The predicted molar refractivity (Wildman–Crippen MR) is 77.9 cm³/mol. The zero-order chi connectivity index (χ0) is 13.4. The van der Waals surface area contributed by atoms with Crippen LogP contribution in [0, 0.1) is 6.92 Å². The quantitative estimate of drug-likeness (QED) is 0.690. The highest BCUT2D eigenvalue weighted by molar-refractivity contribution is 6.33. The van der Waals surface area contributed by atoms with Gasteiger partial charge in [0.2, 0.25) is 0 Å². The number of rotatable bonds is 2. The third kappa shape index (κ3) is 2.22. The highest BCUT2D eigenvalue weighted by Gasteiger charge is 2.09. The van der Waals surface area contributed by atoms with Gasteiger partial charge in [-0.05, 0) is 36.8 Å². The van der Waals surface area contributed by atoms with Crippen LogP contribution in [0.3, 0.4) is 0 Å². The summed E-state index contributed by atoms with van der Waals surface area (Å²) in [5.41, 5.74) is 9.56. The Morgan fingerprint density at radius 1 is 1.26 bits per heavy atom. The molecule has 96 valence electrons. The first-order valence-corrected chi connectivity index (χ1v) is 6.19. The summed E-state index contributed by atoms with van der Waals surface area (Å²) in [4.78, 5) is 4.31. The van der Waals surface area contributed by atoms with Crippen LogP contribution in [0.4, 0.5) is 17.4 Å². The van der Waals surface area contributed by atoms with Gasteiger partial charge in [-0.2, -0.15) is 4.98 Å². The lowest BCUT2D eigenvalue weighted by molar-refractivity contribution is 0.623. The fourth-order valence-electron chi connectivity index (χ4n) is 1.86. The van der Waals surface area contributed by atoms with Gasteiger partial charge in [-0.1, -0.05) is 23.7 Å². The zero-order valence-corrected chi connectivity index (χ0v) is 11.0. The fraction of sp³-hybridized carbons (Fsp3) is 0.0714. The van der Waals surface area contributed by atoms with Crippen LogP contribution in [0.15, 0.2) is 40.8 Å². The first-order valence-electron chi connectivity index (χ1n) is 5.82. The number of nitrogens with zero attached hydrogens (tertiary/aromatic N) is 1. The average molecular weight is 274 g/mol. The molecule has 5 heteroatoms. The van der Waals surface area contributed by atoms with Crippen LogP contribution < -0.4 is 11.1 Å². The van der Waals surface area contributed by atoms with E-state index in [0.29, 0.717) is 27.8 Å². The molecule has 3 N–H and O–H groups in total. The Morgan fingerprint density at radius 2 is 2.11 bits per heavy atom. The molecule has 3 aromatic rings. The number of anilines is 3. The van der Waals surface area contributed by atoms with E-state index in [4.69, 9.17) is 21.8 Å². The molecule has 0 spiro atoms. The molecule has 0 amide bonds. The van der Waals surface area contributed by atoms with Crippen LogP contribution in [0.1, 0.15) is 5.56 Å². The van der Waals surface area contributed by atoms with Crippen LogP contribution in [0.2, 0.25) is 5.02 Å². The Bertz CT molecular complexity index is 752. The van der Waals surface area contributed by atoms with E-state index in [1.54, 1.807) is 6.07 Å². The van der Waals surface area contributed by atoms with E-state index in [2.05, 4.69) is 10.3 Å². The molecular weight excluding hydrogens is 262 g/mol. The Kier molecular flexibility index (Phi) is 2.80. The van der Waals surface area contributed by atoms with Crippen molar-refractivity contribution in [2.24, 2.45) is 0 Å². The van der Waals surface area contributed by atoms with Crippen molar-refractivity contribution in [2.75, 3.05) is 11.1 Å². The number of nitrogens with two attached hydrogens (primary N) is 1. The van der Waals surface area contributed by atoms with Crippen LogP contribution in [-0.2, 0) is 0 Å². The summed E-state index contributed by atoms with van der Waals surface area (Å²) in [5, 5.41) is 3.67. The molecule has 0 aliphatic heterocycles. The SMILES string of the molecule is Cc1ccc(Nc2nc3c(N)cccc3o2)c(Cl)c1. The molecule has 0 aliphatic rings. The summed E-state index contributed by atoms with van der Waals surface area (Å²) in [7, 11) is 0. The van der Waals surface area contributed by atoms with Gasteiger partial charge in [-0.3, -0.25) is 0 Å². The molecule has 0 bridgehead atoms. The van der Waals surface area contributed by atoms with E-state index in [1.165, 1.54) is 0 Å². The topological polar surface area (TPSA) is 64.1 Å². The van der Waals surface area contributed by atoms with E-state index in [9.17, 15) is 0 Å². The summed E-state index contributed by atoms with van der Waals surface area (Å²) < 4.78 is 5.58. The number of nitrogens with one attached hydrogen (secondary N) is 1. The molecule has 3 rings (SSSR count). The van der Waals surface area contributed by atoms with Crippen molar-refractivity contribution in [1.29, 1.82) is 0 Å². The number of halogens is 1. The number of aryl methyl sites for hydroxylation is 1. The molecule has 0 saturated heterocycles. The van der Waals surface area contributed by atoms with E-state index >= 15 is 0 Å². The lowest BCUT2D eigenvalue weighted by atomic mass is 10.2. The lowest BCUT2D eigenvalue weighted by Gasteiger charge is -2.04. The van der Waals surface area contributed by atoms with Crippen molar-refractivity contribution >= 4 is 40.1 Å². The molecule has 0 aliphatic carbocycles. The van der Waals surface area contributed by atoms with Gasteiger partial charge in [0.1, 0.15) is 5.52 Å². The first-order chi connectivity index (χ1) is 9.13. The van der Waals surface area contributed by atoms with Gasteiger partial charge >= 0.3 is 0 Å². The number of hydrogen-bond donors (Lipinski definition) is 2. The maximum absolute atomic E-state index is 6.15. The molecule has 2 aromatic carbocycles. The van der Waals surface area contributed by atoms with Crippen molar-refractivity contribution in [1.82, 2.24) is 4.98 Å². The zero-order valence-electron chi connectivity index (χ0n) is 10.3. The van der Waals surface area contributed by atoms with Gasteiger partial charge in [-0.15, -0.1) is 0 Å². The molecule has 0 saturated carbocycles. The molecule has 0 unspecified atom stereocenters. The monoisotopic (exact) mass is 273 g/mol. The lowest BCUT2D eigenvalue weighted by Crippen LogP contribution is -1.92. The Morgan fingerprint density at radius 3 is 2.84 bits per heavy atom. The van der Waals surface area contributed by atoms with Crippen molar-refractivity contribution in [2.45, 2.75) is 6.92 Å². The molecule has 1 heterocycles. The smallest absolute Gasteiger partial charge is 0.300 e. The highest BCUT2D eigenvalue weighted by Crippen LogP contribution is 2.29. The van der Waals surface area contributed by atoms with Crippen LogP contribution in [0.25, 0.3) is 11.1 Å². The van der Waals surface area contributed by atoms with Gasteiger partial charge in [0.25, 0.3) is 6.01 Å². The second kappa shape index (κ2) is 4.48. The average Bonchev–Trinajstić information content (AvgIpc) is 2.77. The summed E-state index contributed by atoms with van der Waals surface area (Å²) in [6, 6.07) is 11.5. The standard InChI is InChI=1S/C14H12ClN3O/c1-8-5-6-11(9(15)7-8)17-14-18-13-10(16)3-2-4-12(13)19-14/h2-7H,16H2,1H3,(H,17,18). The molecule has 4 nitrogen and oxygen atoms in total. The van der Waals surface area contributed by atoms with Gasteiger partial charge in [0.05, 0.1) is 16.4 Å². The van der Waals surface area contributed by atoms with E-state index in [1.807, 2.05) is 37.3 Å². The normalized spacial score (nSPS) is 10.8. The fourth-order valence-corrected chi connectivity index (χ4v) is 2.14. The molecular formula is C14H12ClN3O. The van der Waals surface area contributed by atoms with Crippen LogP contribution in [-0.4, -0.2) is 4.98 Å². The molecule has 19 heavy (non-hydrogen) atoms. The molecule has 0 radical (unpaired) electrons. The van der Waals surface area contributed by atoms with Crippen molar-refractivity contribution in [3.05, 3.63) is 47.0 Å². The largest absolute Gasteiger partial charge is 0.423 e. The first kappa shape index (κ1) is 11.9. The number of hydrogen-bond acceptors (Lipinski definition) is 4. The number of benzene rings is 2. The number of oxazole rings is 1. The summed E-state index contributed by atoms with van der Waals surface area (Å²) in [6.07, 6.45) is 0. The number of fused-ring (bicyclic) bond motifs is 1. The van der Waals surface area contributed by atoms with E-state index in [0.717, 1.165) is 11.3 Å². The minimum atomic E-state index is 0.374. The Balaban J connectivity index is 1.99. The van der Waals surface area contributed by atoms with E-state index < -0.39 is 0 Å². The second-order valence-corrected chi connectivity index (χ2v) is 4.73.